The molecule has 0 aliphatic rings. The summed E-state index contributed by atoms with van der Waals surface area (Å²) in [5.74, 6) is -2.25. The molecule has 17 nitrogen and oxygen atoms in total. The number of unbranched alkanes of at least 4 members (excludes halogenated alkanes) is 22. The van der Waals surface area contributed by atoms with E-state index in [0.717, 1.165) is 205 Å². The molecule has 0 rings (SSSR count). The van der Waals surface area contributed by atoms with Crippen molar-refractivity contribution >= 4 is 39.5 Å². The standard InChI is InChI=1S/C77H130O17P2/c1-5-9-13-17-21-25-29-33-34-35-36-40-42-46-50-54-58-62-75(80)88-68-73(94-77(82)64-60-56-52-48-44-39-32-28-24-20-16-12-8-4)70-92-96(85,86)90-66-71(78)65-89-95(83,84)91-69-72(93-76(81)63-59-55-51-47-43-38-31-27-23-19-15-11-7-3)67-87-74(79)61-57-53-49-45-41-37-30-26-22-18-14-10-6-2/h9,13-16,18-21,25-28,30-34,36,40,71-73,78H,5-8,10-12,17,22-24,29,35,37-39,41-70H2,1-4H3,(H,83,84)(H,85,86)/b13-9-,18-14-,19-15-,20-16-,25-21-,30-26-,31-27-,32-28-,34-33-,40-36-. The fourth-order valence-electron chi connectivity index (χ4n) is 9.26. The van der Waals surface area contributed by atoms with Crippen molar-refractivity contribution in [2.45, 2.75) is 303 Å². The highest BCUT2D eigenvalue weighted by Gasteiger charge is 2.30. The summed E-state index contributed by atoms with van der Waals surface area (Å²) in [4.78, 5) is 72.7. The van der Waals surface area contributed by atoms with Gasteiger partial charge in [0.05, 0.1) is 26.4 Å². The summed E-state index contributed by atoms with van der Waals surface area (Å²) in [6.45, 7) is 4.47. The molecule has 0 fully saturated rings. The molecule has 0 aliphatic carbocycles. The molecule has 96 heavy (non-hydrogen) atoms. The molecule has 19 heteroatoms. The van der Waals surface area contributed by atoms with E-state index in [1.54, 1.807) is 0 Å². The Bertz CT molecular complexity index is 2300. The first-order valence-corrected chi connectivity index (χ1v) is 39.8. The molecule has 0 radical (unpaired) electrons. The number of aliphatic hydroxyl groups is 1. The molecule has 5 unspecified atom stereocenters. The third-order valence-corrected chi connectivity index (χ3v) is 16.7. The van der Waals surface area contributed by atoms with Crippen molar-refractivity contribution < 1.29 is 80.2 Å². The molecule has 5 atom stereocenters. The van der Waals surface area contributed by atoms with Crippen LogP contribution in [0.1, 0.15) is 285 Å². The molecule has 0 aromatic carbocycles. The molecular formula is C77H130O17P2. The number of carbonyl (C=O) groups is 4. The van der Waals surface area contributed by atoms with E-state index >= 15 is 0 Å². The summed E-state index contributed by atoms with van der Waals surface area (Å²) in [7, 11) is -9.96. The van der Waals surface area contributed by atoms with Crippen LogP contribution in [-0.2, 0) is 65.4 Å². The van der Waals surface area contributed by atoms with Gasteiger partial charge in [-0.1, -0.05) is 239 Å². The second-order valence-corrected chi connectivity index (χ2v) is 27.0. The van der Waals surface area contributed by atoms with Gasteiger partial charge in [-0.15, -0.1) is 0 Å². The van der Waals surface area contributed by atoms with Gasteiger partial charge in [-0.2, -0.15) is 0 Å². The largest absolute Gasteiger partial charge is 0.472 e. The number of hydrogen-bond acceptors (Lipinski definition) is 15. The molecule has 0 spiro atoms. The van der Waals surface area contributed by atoms with Gasteiger partial charge < -0.3 is 33.8 Å². The molecule has 0 aliphatic heterocycles. The molecule has 0 aromatic rings. The molecular weight excluding hydrogens is 1260 g/mol. The summed E-state index contributed by atoms with van der Waals surface area (Å²) >= 11 is 0. The molecule has 0 saturated heterocycles. The van der Waals surface area contributed by atoms with Crippen LogP contribution in [-0.4, -0.2) is 96.7 Å². The predicted octanol–water partition coefficient (Wildman–Crippen LogP) is 20.8. The monoisotopic (exact) mass is 1390 g/mol. The van der Waals surface area contributed by atoms with Crippen LogP contribution in [0.4, 0.5) is 0 Å². The third kappa shape index (κ3) is 68.0. The number of ether oxygens (including phenoxy) is 4. The van der Waals surface area contributed by atoms with Gasteiger partial charge >= 0.3 is 39.5 Å². The van der Waals surface area contributed by atoms with Crippen molar-refractivity contribution in [3.8, 4) is 0 Å². The topological polar surface area (TPSA) is 237 Å². The molecule has 3 N–H and O–H groups in total. The van der Waals surface area contributed by atoms with Crippen molar-refractivity contribution in [2.24, 2.45) is 0 Å². The molecule has 550 valence electrons. The first-order chi connectivity index (χ1) is 46.7. The van der Waals surface area contributed by atoms with Crippen LogP contribution in [0.5, 0.6) is 0 Å². The van der Waals surface area contributed by atoms with Crippen molar-refractivity contribution in [3.05, 3.63) is 122 Å². The minimum Gasteiger partial charge on any atom is -0.462 e. The zero-order chi connectivity index (χ0) is 70.4. The minimum atomic E-state index is -4.98. The maximum absolute atomic E-state index is 13.1. The lowest BCUT2D eigenvalue weighted by Crippen LogP contribution is -2.30. The SMILES string of the molecule is CC/C=C\C/C=C\C/C=C\C/C=C\CCCCCCC(=O)OCC(COP(=O)(O)OCC(O)COP(=O)(O)OCC(COC(=O)CCCCCCC/C=C\C/C=C\CCC)OC(=O)CCCCCCC/C=C\C/C=C\CCC)OC(=O)CCCCCCC/C=C\C/C=C\CCC. The molecule has 0 aromatic heterocycles. The Morgan fingerprint density at radius 3 is 0.833 bits per heavy atom. The number of aliphatic hydroxyl groups excluding tert-OH is 1. The lowest BCUT2D eigenvalue weighted by Gasteiger charge is -2.21. The lowest BCUT2D eigenvalue weighted by atomic mass is 10.1. The number of rotatable bonds is 68. The van der Waals surface area contributed by atoms with Crippen LogP contribution in [0.15, 0.2) is 122 Å². The van der Waals surface area contributed by atoms with Gasteiger partial charge in [0.1, 0.15) is 19.3 Å². The minimum absolute atomic E-state index is 0.0700. The Hall–Kier alpha value is -4.54. The highest BCUT2D eigenvalue weighted by atomic mass is 31.2. The summed E-state index contributed by atoms with van der Waals surface area (Å²) in [5.41, 5.74) is 0. The molecule has 0 saturated carbocycles. The first kappa shape index (κ1) is 91.5. The van der Waals surface area contributed by atoms with Gasteiger partial charge in [0, 0.05) is 25.7 Å². The molecule has 0 heterocycles. The van der Waals surface area contributed by atoms with Gasteiger partial charge in [-0.05, 0) is 141 Å². The number of esters is 4. The predicted molar refractivity (Wildman–Crippen MR) is 390 cm³/mol. The second-order valence-electron chi connectivity index (χ2n) is 24.1. The lowest BCUT2D eigenvalue weighted by molar-refractivity contribution is -0.161. The number of carbonyl (C=O) groups excluding carboxylic acids is 4. The van der Waals surface area contributed by atoms with Gasteiger partial charge in [0.2, 0.25) is 0 Å². The zero-order valence-corrected chi connectivity index (χ0v) is 61.5. The Balaban J connectivity index is 5.38. The second kappa shape index (κ2) is 69.0. The van der Waals surface area contributed by atoms with E-state index in [9.17, 15) is 43.2 Å². The number of hydrogen-bond donors (Lipinski definition) is 3. The number of phosphoric acid groups is 2. The summed E-state index contributed by atoms with van der Waals surface area (Å²) in [6, 6.07) is 0. The Morgan fingerprint density at radius 2 is 0.542 bits per heavy atom. The van der Waals surface area contributed by atoms with Crippen LogP contribution < -0.4 is 0 Å². The Kier molecular flexibility index (Phi) is 65.7. The Morgan fingerprint density at radius 1 is 0.302 bits per heavy atom. The van der Waals surface area contributed by atoms with Gasteiger partial charge in [0.15, 0.2) is 12.2 Å². The van der Waals surface area contributed by atoms with Crippen molar-refractivity contribution in [1.29, 1.82) is 0 Å². The summed E-state index contributed by atoms with van der Waals surface area (Å²) in [6.07, 6.45) is 73.4. The van der Waals surface area contributed by atoms with Crippen LogP contribution in [0.2, 0.25) is 0 Å². The highest BCUT2D eigenvalue weighted by molar-refractivity contribution is 7.47. The van der Waals surface area contributed by atoms with Gasteiger partial charge in [0.25, 0.3) is 0 Å². The maximum atomic E-state index is 13.1. The zero-order valence-electron chi connectivity index (χ0n) is 59.8. The molecule has 0 bridgehead atoms. The van der Waals surface area contributed by atoms with E-state index in [0.29, 0.717) is 25.7 Å². The summed E-state index contributed by atoms with van der Waals surface area (Å²) in [5, 5.41) is 10.6. The first-order valence-electron chi connectivity index (χ1n) is 36.8. The summed E-state index contributed by atoms with van der Waals surface area (Å²) < 4.78 is 68.3. The third-order valence-electron chi connectivity index (χ3n) is 14.8. The molecule has 0 amide bonds. The van der Waals surface area contributed by atoms with Gasteiger partial charge in [-0.25, -0.2) is 9.13 Å². The van der Waals surface area contributed by atoms with E-state index in [1.807, 2.05) is 0 Å². The highest BCUT2D eigenvalue weighted by Crippen LogP contribution is 2.45. The van der Waals surface area contributed by atoms with E-state index < -0.39 is 97.5 Å². The van der Waals surface area contributed by atoms with E-state index in [-0.39, 0.29) is 25.7 Å². The maximum Gasteiger partial charge on any atom is 0.472 e. The van der Waals surface area contributed by atoms with Crippen LogP contribution in [0.3, 0.4) is 0 Å². The van der Waals surface area contributed by atoms with Crippen molar-refractivity contribution in [3.63, 3.8) is 0 Å². The average molecular weight is 1390 g/mol. The Labute approximate surface area is 581 Å². The van der Waals surface area contributed by atoms with Crippen LogP contribution >= 0.6 is 15.6 Å². The average Bonchev–Trinajstić information content (AvgIpc) is 3.12. The van der Waals surface area contributed by atoms with E-state index in [1.165, 1.54) is 0 Å². The van der Waals surface area contributed by atoms with Crippen LogP contribution in [0, 0.1) is 0 Å². The van der Waals surface area contributed by atoms with Crippen molar-refractivity contribution in [1.82, 2.24) is 0 Å². The smallest absolute Gasteiger partial charge is 0.462 e. The fraction of sp³-hybridized carbons (Fsp3) is 0.688. The number of phosphoric ester groups is 2. The number of allylic oxidation sites excluding steroid dienone is 20. The fourth-order valence-corrected chi connectivity index (χ4v) is 10.8. The van der Waals surface area contributed by atoms with Crippen molar-refractivity contribution in [2.75, 3.05) is 39.6 Å². The van der Waals surface area contributed by atoms with Crippen LogP contribution in [0.25, 0.3) is 0 Å². The quantitative estimate of drug-likeness (QED) is 0.0169. The van der Waals surface area contributed by atoms with Gasteiger partial charge in [-0.3, -0.25) is 37.3 Å². The van der Waals surface area contributed by atoms with E-state index in [4.69, 9.17) is 37.0 Å². The van der Waals surface area contributed by atoms with E-state index in [2.05, 4.69) is 149 Å². The normalized spacial score (nSPS) is 14.7.